The number of hydrogen-bond acceptors (Lipinski definition) is 7. The summed E-state index contributed by atoms with van der Waals surface area (Å²) in [7, 11) is 0. The number of anilines is 2. The van der Waals surface area contributed by atoms with Crippen LogP contribution in [0.2, 0.25) is 0 Å². The SMILES string of the molecule is CCOC(=O)c1ccc(NC(=O)CN2C(=O)/C(=C3/SC(=S)N(C(C)C)C3=O)c3ccccc32)cc1. The van der Waals surface area contributed by atoms with E-state index in [0.717, 1.165) is 11.8 Å². The topological polar surface area (TPSA) is 96.0 Å². The standard InChI is InChI=1S/C25H23N3O5S2/c1-4-33-24(32)15-9-11-16(12-10-15)26-19(29)13-27-18-8-6-5-7-17(18)20(22(27)30)21-23(31)28(14(2)3)25(34)35-21/h5-12,14H,4,13H2,1-3H3,(H,26,29)/b21-20+. The minimum atomic E-state index is -0.444. The number of benzene rings is 2. The van der Waals surface area contributed by atoms with Crippen LogP contribution in [0.1, 0.15) is 36.7 Å². The second-order valence-corrected chi connectivity index (χ2v) is 9.74. The summed E-state index contributed by atoms with van der Waals surface area (Å²) in [6, 6.07) is 13.2. The van der Waals surface area contributed by atoms with E-state index >= 15 is 0 Å². The van der Waals surface area contributed by atoms with Gasteiger partial charge in [-0.1, -0.05) is 42.2 Å². The molecule has 2 aliphatic rings. The molecule has 0 saturated carbocycles. The van der Waals surface area contributed by atoms with Crippen molar-refractivity contribution in [1.82, 2.24) is 4.90 Å². The molecule has 0 radical (unpaired) electrons. The van der Waals surface area contributed by atoms with Gasteiger partial charge in [0, 0.05) is 17.3 Å². The molecule has 0 atom stereocenters. The molecule has 1 fully saturated rings. The summed E-state index contributed by atoms with van der Waals surface area (Å²) < 4.78 is 5.36. The second-order valence-electron chi connectivity index (χ2n) is 8.10. The quantitative estimate of drug-likeness (QED) is 0.359. The molecule has 2 aromatic carbocycles. The molecule has 1 saturated heterocycles. The molecule has 2 aliphatic heterocycles. The summed E-state index contributed by atoms with van der Waals surface area (Å²) in [6.45, 7) is 5.47. The van der Waals surface area contributed by atoms with Crippen LogP contribution < -0.4 is 10.2 Å². The molecule has 0 bridgehead atoms. The Hall–Kier alpha value is -3.50. The second kappa shape index (κ2) is 10.0. The van der Waals surface area contributed by atoms with Crippen molar-refractivity contribution in [2.24, 2.45) is 0 Å². The van der Waals surface area contributed by atoms with Crippen molar-refractivity contribution in [1.29, 1.82) is 0 Å². The number of nitrogens with zero attached hydrogens (tertiary/aromatic N) is 2. The van der Waals surface area contributed by atoms with E-state index in [2.05, 4.69) is 5.32 Å². The molecule has 8 nitrogen and oxygen atoms in total. The number of nitrogens with one attached hydrogen (secondary N) is 1. The highest BCUT2D eigenvalue weighted by atomic mass is 32.2. The Morgan fingerprint density at radius 3 is 2.37 bits per heavy atom. The summed E-state index contributed by atoms with van der Waals surface area (Å²) in [6.07, 6.45) is 0. The van der Waals surface area contributed by atoms with Gasteiger partial charge in [-0.15, -0.1) is 0 Å². The zero-order valence-corrected chi connectivity index (χ0v) is 21.0. The predicted octanol–water partition coefficient (Wildman–Crippen LogP) is 3.83. The fourth-order valence-electron chi connectivity index (χ4n) is 3.88. The Kier molecular flexibility index (Phi) is 7.04. The lowest BCUT2D eigenvalue weighted by Crippen LogP contribution is -2.36. The number of thioether (sulfide) groups is 1. The monoisotopic (exact) mass is 509 g/mol. The van der Waals surface area contributed by atoms with Gasteiger partial charge in [0.2, 0.25) is 5.91 Å². The van der Waals surface area contributed by atoms with Gasteiger partial charge < -0.3 is 10.1 Å². The third kappa shape index (κ3) is 4.71. The van der Waals surface area contributed by atoms with Crippen LogP contribution >= 0.6 is 24.0 Å². The lowest BCUT2D eigenvalue weighted by Gasteiger charge is -2.18. The van der Waals surface area contributed by atoms with E-state index in [1.165, 1.54) is 9.80 Å². The van der Waals surface area contributed by atoms with Crippen molar-refractivity contribution in [2.45, 2.75) is 26.8 Å². The average molecular weight is 510 g/mol. The van der Waals surface area contributed by atoms with Gasteiger partial charge in [0.05, 0.1) is 28.3 Å². The molecule has 180 valence electrons. The van der Waals surface area contributed by atoms with Crippen molar-refractivity contribution in [3.8, 4) is 0 Å². The molecule has 0 unspecified atom stereocenters. The first-order chi connectivity index (χ1) is 16.7. The molecule has 1 N–H and O–H groups in total. The number of ether oxygens (including phenoxy) is 1. The summed E-state index contributed by atoms with van der Waals surface area (Å²) >= 11 is 6.48. The van der Waals surface area contributed by atoms with Gasteiger partial charge in [0.1, 0.15) is 10.9 Å². The third-order valence-electron chi connectivity index (χ3n) is 5.45. The van der Waals surface area contributed by atoms with E-state index in [1.54, 1.807) is 55.5 Å². The maximum Gasteiger partial charge on any atom is 0.338 e. The molecule has 10 heteroatoms. The van der Waals surface area contributed by atoms with Gasteiger partial charge >= 0.3 is 5.97 Å². The molecule has 4 rings (SSSR count). The Bertz CT molecular complexity index is 1270. The molecule has 2 heterocycles. The first kappa shape index (κ1) is 24.6. The van der Waals surface area contributed by atoms with Crippen molar-refractivity contribution < 1.29 is 23.9 Å². The molecule has 35 heavy (non-hydrogen) atoms. The van der Waals surface area contributed by atoms with Gasteiger partial charge in [0.15, 0.2) is 0 Å². The van der Waals surface area contributed by atoms with Crippen molar-refractivity contribution >= 4 is 68.9 Å². The highest BCUT2D eigenvalue weighted by Crippen LogP contribution is 2.44. The first-order valence-electron chi connectivity index (χ1n) is 11.0. The minimum Gasteiger partial charge on any atom is -0.462 e. The highest BCUT2D eigenvalue weighted by molar-refractivity contribution is 8.26. The van der Waals surface area contributed by atoms with E-state index in [0.29, 0.717) is 26.8 Å². The van der Waals surface area contributed by atoms with Crippen molar-refractivity contribution in [3.63, 3.8) is 0 Å². The fourth-order valence-corrected chi connectivity index (χ4v) is 5.48. The van der Waals surface area contributed by atoms with Crippen LogP contribution in [-0.2, 0) is 19.1 Å². The number of rotatable bonds is 6. The molecule has 0 aromatic heterocycles. The summed E-state index contributed by atoms with van der Waals surface area (Å²) in [5, 5.41) is 2.74. The van der Waals surface area contributed by atoms with E-state index < -0.39 is 17.8 Å². The number of amides is 3. The van der Waals surface area contributed by atoms with E-state index in [1.807, 2.05) is 13.8 Å². The third-order valence-corrected chi connectivity index (χ3v) is 6.85. The smallest absolute Gasteiger partial charge is 0.338 e. The number of fused-ring (bicyclic) bond motifs is 1. The average Bonchev–Trinajstić information content (AvgIpc) is 3.26. The van der Waals surface area contributed by atoms with Gasteiger partial charge in [0.25, 0.3) is 11.8 Å². The molecule has 0 aliphatic carbocycles. The number of carbonyl (C=O) groups excluding carboxylic acids is 4. The van der Waals surface area contributed by atoms with E-state index in [-0.39, 0.29) is 35.6 Å². The van der Waals surface area contributed by atoms with Crippen molar-refractivity contribution in [3.05, 3.63) is 64.6 Å². The number of hydrogen-bond donors (Lipinski definition) is 1. The van der Waals surface area contributed by atoms with Crippen molar-refractivity contribution in [2.75, 3.05) is 23.4 Å². The Morgan fingerprint density at radius 2 is 1.74 bits per heavy atom. The predicted molar refractivity (Wildman–Crippen MR) is 139 cm³/mol. The summed E-state index contributed by atoms with van der Waals surface area (Å²) in [4.78, 5) is 54.3. The van der Waals surface area contributed by atoms with Gasteiger partial charge in [-0.3, -0.25) is 24.2 Å². The highest BCUT2D eigenvalue weighted by Gasteiger charge is 2.43. The largest absolute Gasteiger partial charge is 0.462 e. The lowest BCUT2D eigenvalue weighted by atomic mass is 10.1. The van der Waals surface area contributed by atoms with Crippen LogP contribution in [0.3, 0.4) is 0 Å². The molecule has 0 spiro atoms. The number of carbonyl (C=O) groups is 4. The van der Waals surface area contributed by atoms with Crippen LogP contribution in [0.4, 0.5) is 11.4 Å². The minimum absolute atomic E-state index is 0.135. The van der Waals surface area contributed by atoms with Crippen LogP contribution in [0.25, 0.3) is 5.57 Å². The zero-order chi connectivity index (χ0) is 25.3. The van der Waals surface area contributed by atoms with Gasteiger partial charge in [-0.05, 0) is 51.1 Å². The van der Waals surface area contributed by atoms with Gasteiger partial charge in [-0.25, -0.2) is 4.79 Å². The van der Waals surface area contributed by atoms with E-state index in [4.69, 9.17) is 17.0 Å². The summed E-state index contributed by atoms with van der Waals surface area (Å²) in [5.74, 6) is -1.60. The molecular weight excluding hydrogens is 486 g/mol. The zero-order valence-electron chi connectivity index (χ0n) is 19.4. The van der Waals surface area contributed by atoms with Gasteiger partial charge in [-0.2, -0.15) is 0 Å². The maximum absolute atomic E-state index is 13.5. The normalized spacial score (nSPS) is 17.3. The Labute approximate surface area is 212 Å². The van der Waals surface area contributed by atoms with E-state index in [9.17, 15) is 19.2 Å². The number of esters is 1. The Morgan fingerprint density at radius 1 is 1.06 bits per heavy atom. The Balaban J connectivity index is 1.56. The fraction of sp³-hybridized carbons (Fsp3) is 0.240. The molecular formula is C25H23N3O5S2. The molecule has 3 amide bonds. The first-order valence-corrected chi connectivity index (χ1v) is 12.2. The molecule has 2 aromatic rings. The van der Waals surface area contributed by atoms with Crippen LogP contribution in [0.15, 0.2) is 53.4 Å². The lowest BCUT2D eigenvalue weighted by molar-refractivity contribution is -0.123. The summed E-state index contributed by atoms with van der Waals surface area (Å²) in [5.41, 5.74) is 2.24. The van der Waals surface area contributed by atoms with Crippen LogP contribution in [0, 0.1) is 0 Å². The number of thiocarbonyl (C=S) groups is 1. The van der Waals surface area contributed by atoms with Crippen LogP contribution in [0.5, 0.6) is 0 Å². The number of para-hydroxylation sites is 1. The van der Waals surface area contributed by atoms with Crippen LogP contribution in [-0.4, -0.2) is 52.1 Å². The maximum atomic E-state index is 13.5.